The van der Waals surface area contributed by atoms with Gasteiger partial charge >= 0.3 is 0 Å². The van der Waals surface area contributed by atoms with Crippen molar-refractivity contribution in [1.29, 1.82) is 0 Å². The van der Waals surface area contributed by atoms with Crippen LogP contribution in [0.1, 0.15) is 23.7 Å². The zero-order valence-electron chi connectivity index (χ0n) is 14.9. The highest BCUT2D eigenvalue weighted by Crippen LogP contribution is 2.26. The third-order valence-electron chi connectivity index (χ3n) is 5.01. The first kappa shape index (κ1) is 17.7. The Bertz CT molecular complexity index is 1090. The highest BCUT2D eigenvalue weighted by Gasteiger charge is 2.34. The lowest BCUT2D eigenvalue weighted by molar-refractivity contribution is 0.0708. The van der Waals surface area contributed by atoms with Gasteiger partial charge in [0.25, 0.3) is 5.91 Å². The van der Waals surface area contributed by atoms with Gasteiger partial charge in [-0.15, -0.1) is 0 Å². The molecule has 140 valence electrons. The second kappa shape index (κ2) is 6.77. The Morgan fingerprint density at radius 2 is 2.00 bits per heavy atom. The van der Waals surface area contributed by atoms with E-state index in [1.807, 2.05) is 31.3 Å². The van der Waals surface area contributed by atoms with Crippen molar-refractivity contribution in [3.05, 3.63) is 48.4 Å². The second-order valence-electron chi connectivity index (χ2n) is 6.69. The number of nitrogens with zero attached hydrogens (tertiary/aromatic N) is 3. The SMILES string of the molecule is CCN(C(=O)c1ccc(-c2ncnc3[nH]ccc23)cc1)C1CCS(=O)(=O)C1. The molecule has 8 heteroatoms. The van der Waals surface area contributed by atoms with Crippen LogP contribution in [0.5, 0.6) is 0 Å². The molecule has 1 aliphatic heterocycles. The Kier molecular flexibility index (Phi) is 4.43. The molecule has 1 aliphatic rings. The number of sulfone groups is 1. The summed E-state index contributed by atoms with van der Waals surface area (Å²) in [6.07, 6.45) is 3.83. The van der Waals surface area contributed by atoms with E-state index in [4.69, 9.17) is 0 Å². The van der Waals surface area contributed by atoms with Crippen molar-refractivity contribution in [1.82, 2.24) is 19.9 Å². The number of aromatic amines is 1. The molecule has 1 aromatic carbocycles. The number of fused-ring (bicyclic) bond motifs is 1. The Morgan fingerprint density at radius 3 is 2.67 bits per heavy atom. The summed E-state index contributed by atoms with van der Waals surface area (Å²) in [5, 5.41) is 0.919. The number of hydrogen-bond donors (Lipinski definition) is 1. The van der Waals surface area contributed by atoms with Gasteiger partial charge in [-0.05, 0) is 31.5 Å². The highest BCUT2D eigenvalue weighted by atomic mass is 32.2. The van der Waals surface area contributed by atoms with Gasteiger partial charge in [0.05, 0.1) is 17.2 Å². The van der Waals surface area contributed by atoms with Gasteiger partial charge in [0.1, 0.15) is 12.0 Å². The van der Waals surface area contributed by atoms with Crippen molar-refractivity contribution in [3.63, 3.8) is 0 Å². The standard InChI is InChI=1S/C19H20N4O3S/c1-2-23(15-8-10-27(25,26)11-15)19(24)14-5-3-13(4-6-14)17-16-7-9-20-18(16)22-12-21-17/h3-7,9,12,15H,2,8,10-11H2,1H3,(H,20,21,22). The minimum atomic E-state index is -3.04. The molecule has 3 heterocycles. The fourth-order valence-electron chi connectivity index (χ4n) is 3.63. The summed E-state index contributed by atoms with van der Waals surface area (Å²) >= 11 is 0. The van der Waals surface area contributed by atoms with E-state index in [-0.39, 0.29) is 23.5 Å². The Morgan fingerprint density at radius 1 is 1.22 bits per heavy atom. The number of benzene rings is 1. The summed E-state index contributed by atoms with van der Waals surface area (Å²) < 4.78 is 23.5. The fourth-order valence-corrected chi connectivity index (χ4v) is 5.36. The molecule has 2 aromatic heterocycles. The maximum Gasteiger partial charge on any atom is 0.254 e. The molecule has 1 fully saturated rings. The van der Waals surface area contributed by atoms with E-state index in [1.165, 1.54) is 6.33 Å². The van der Waals surface area contributed by atoms with E-state index in [9.17, 15) is 13.2 Å². The lowest BCUT2D eigenvalue weighted by atomic mass is 10.1. The van der Waals surface area contributed by atoms with E-state index >= 15 is 0 Å². The van der Waals surface area contributed by atoms with Crippen LogP contribution in [-0.4, -0.2) is 58.3 Å². The van der Waals surface area contributed by atoms with Crippen LogP contribution in [0.25, 0.3) is 22.3 Å². The number of carbonyl (C=O) groups excluding carboxylic acids is 1. The van der Waals surface area contributed by atoms with Gasteiger partial charge in [-0.25, -0.2) is 18.4 Å². The van der Waals surface area contributed by atoms with Crippen molar-refractivity contribution in [2.75, 3.05) is 18.1 Å². The van der Waals surface area contributed by atoms with Gasteiger partial charge in [-0.3, -0.25) is 4.79 Å². The molecule has 0 spiro atoms. The summed E-state index contributed by atoms with van der Waals surface area (Å²) in [6, 6.07) is 8.94. The van der Waals surface area contributed by atoms with Gasteiger partial charge in [0, 0.05) is 35.3 Å². The fraction of sp³-hybridized carbons (Fsp3) is 0.316. The maximum absolute atomic E-state index is 12.9. The van der Waals surface area contributed by atoms with Crippen LogP contribution in [0, 0.1) is 0 Å². The van der Waals surface area contributed by atoms with E-state index < -0.39 is 9.84 Å². The zero-order valence-corrected chi connectivity index (χ0v) is 15.7. The largest absolute Gasteiger partial charge is 0.346 e. The third kappa shape index (κ3) is 3.32. The molecule has 3 aromatic rings. The van der Waals surface area contributed by atoms with E-state index in [0.29, 0.717) is 18.5 Å². The minimum Gasteiger partial charge on any atom is -0.346 e. The number of aromatic nitrogens is 3. The van der Waals surface area contributed by atoms with E-state index in [2.05, 4.69) is 15.0 Å². The molecule has 1 saturated heterocycles. The van der Waals surface area contributed by atoms with Crippen LogP contribution in [0.3, 0.4) is 0 Å². The molecule has 1 atom stereocenters. The highest BCUT2D eigenvalue weighted by molar-refractivity contribution is 7.91. The summed E-state index contributed by atoms with van der Waals surface area (Å²) in [7, 11) is -3.04. The monoisotopic (exact) mass is 384 g/mol. The summed E-state index contributed by atoms with van der Waals surface area (Å²) in [6.45, 7) is 2.36. The average molecular weight is 384 g/mol. The number of rotatable bonds is 4. The molecular formula is C19H20N4O3S. The molecule has 0 radical (unpaired) electrons. The van der Waals surface area contributed by atoms with E-state index in [0.717, 1.165) is 22.3 Å². The smallest absolute Gasteiger partial charge is 0.254 e. The number of carbonyl (C=O) groups is 1. The van der Waals surface area contributed by atoms with Gasteiger partial charge in [0.15, 0.2) is 9.84 Å². The number of hydrogen-bond acceptors (Lipinski definition) is 5. The first-order valence-electron chi connectivity index (χ1n) is 8.88. The lowest BCUT2D eigenvalue weighted by Gasteiger charge is -2.27. The summed E-state index contributed by atoms with van der Waals surface area (Å²) in [4.78, 5) is 26.2. The van der Waals surface area contributed by atoms with Crippen molar-refractivity contribution < 1.29 is 13.2 Å². The molecule has 27 heavy (non-hydrogen) atoms. The van der Waals surface area contributed by atoms with Crippen LogP contribution in [0.4, 0.5) is 0 Å². The van der Waals surface area contributed by atoms with Gasteiger partial charge in [-0.2, -0.15) is 0 Å². The average Bonchev–Trinajstić information content (AvgIpc) is 3.28. The van der Waals surface area contributed by atoms with Crippen LogP contribution >= 0.6 is 0 Å². The molecular weight excluding hydrogens is 364 g/mol. The first-order valence-corrected chi connectivity index (χ1v) is 10.7. The van der Waals surface area contributed by atoms with Crippen LogP contribution < -0.4 is 0 Å². The predicted molar refractivity (Wildman–Crippen MR) is 103 cm³/mol. The molecule has 1 amide bonds. The molecule has 7 nitrogen and oxygen atoms in total. The van der Waals surface area contributed by atoms with Crippen LogP contribution in [-0.2, 0) is 9.84 Å². The van der Waals surface area contributed by atoms with Gasteiger partial charge in [0.2, 0.25) is 0 Å². The lowest BCUT2D eigenvalue weighted by Crippen LogP contribution is -2.40. The Labute approximate surface area is 157 Å². The Hall–Kier alpha value is -2.74. The van der Waals surface area contributed by atoms with E-state index in [1.54, 1.807) is 17.0 Å². The number of nitrogens with one attached hydrogen (secondary N) is 1. The van der Waals surface area contributed by atoms with Crippen molar-refractivity contribution >= 4 is 26.8 Å². The number of amides is 1. The topological polar surface area (TPSA) is 96.0 Å². The predicted octanol–water partition coefficient (Wildman–Crippen LogP) is 2.27. The molecule has 0 bridgehead atoms. The minimum absolute atomic E-state index is 0.0526. The third-order valence-corrected chi connectivity index (χ3v) is 6.76. The quantitative estimate of drug-likeness (QED) is 0.744. The first-order chi connectivity index (χ1) is 13.0. The molecule has 4 rings (SSSR count). The summed E-state index contributed by atoms with van der Waals surface area (Å²) in [5.74, 6) is 0.0679. The maximum atomic E-state index is 12.9. The molecule has 1 N–H and O–H groups in total. The van der Waals surface area contributed by atoms with Crippen molar-refractivity contribution in [2.24, 2.45) is 0 Å². The molecule has 1 unspecified atom stereocenters. The zero-order chi connectivity index (χ0) is 19.0. The van der Waals surface area contributed by atoms with Crippen LogP contribution in [0.15, 0.2) is 42.9 Å². The Balaban J connectivity index is 1.60. The van der Waals surface area contributed by atoms with Crippen molar-refractivity contribution in [3.8, 4) is 11.3 Å². The molecule has 0 saturated carbocycles. The normalized spacial score (nSPS) is 18.6. The number of H-pyrrole nitrogens is 1. The second-order valence-corrected chi connectivity index (χ2v) is 8.92. The van der Waals surface area contributed by atoms with Crippen LogP contribution in [0.2, 0.25) is 0 Å². The van der Waals surface area contributed by atoms with Gasteiger partial charge < -0.3 is 9.88 Å². The van der Waals surface area contributed by atoms with Crippen molar-refractivity contribution in [2.45, 2.75) is 19.4 Å². The molecule has 0 aliphatic carbocycles. The van der Waals surface area contributed by atoms with Gasteiger partial charge in [-0.1, -0.05) is 12.1 Å². The summed E-state index contributed by atoms with van der Waals surface area (Å²) in [5.41, 5.74) is 3.00.